The molecule has 4 heteroatoms. The van der Waals surface area contributed by atoms with Crippen LogP contribution in [0, 0.1) is 0 Å². The summed E-state index contributed by atoms with van der Waals surface area (Å²) in [7, 11) is 0. The van der Waals surface area contributed by atoms with Crippen LogP contribution in [0.1, 0.15) is 33.6 Å². The highest BCUT2D eigenvalue weighted by Gasteiger charge is 2.24. The summed E-state index contributed by atoms with van der Waals surface area (Å²) in [5.41, 5.74) is 5.80. The monoisotopic (exact) mass is 205 g/mol. The molecule has 2 rings (SSSR count). The van der Waals surface area contributed by atoms with Crippen molar-refractivity contribution in [3.63, 3.8) is 0 Å². The van der Waals surface area contributed by atoms with Crippen molar-refractivity contribution >= 4 is 12.2 Å². The molecule has 0 aliphatic heterocycles. The number of rotatable bonds is 4. The van der Waals surface area contributed by atoms with Crippen LogP contribution >= 0.6 is 0 Å². The highest BCUT2D eigenvalue weighted by molar-refractivity contribution is 5.95. The lowest BCUT2D eigenvalue weighted by atomic mass is 10.1. The molecule has 4 nitrogen and oxygen atoms in total. The zero-order chi connectivity index (χ0) is 10.8. The molecule has 1 fully saturated rings. The van der Waals surface area contributed by atoms with Crippen molar-refractivity contribution in [2.75, 3.05) is 0 Å². The molecule has 78 valence electrons. The van der Waals surface area contributed by atoms with E-state index in [1.807, 2.05) is 0 Å². The van der Waals surface area contributed by atoms with Crippen LogP contribution < -0.4 is 10.5 Å². The Bertz CT molecular complexity index is 410. The minimum Gasteiger partial charge on any atom is -0.490 e. The van der Waals surface area contributed by atoms with Crippen LogP contribution in [0.2, 0.25) is 0 Å². The van der Waals surface area contributed by atoms with E-state index in [0.717, 1.165) is 12.8 Å². The van der Waals surface area contributed by atoms with Crippen molar-refractivity contribution < 1.29 is 14.3 Å². The van der Waals surface area contributed by atoms with Gasteiger partial charge >= 0.3 is 0 Å². The molecule has 1 aromatic rings. The lowest BCUT2D eigenvalue weighted by molar-refractivity contribution is 0.1000. The summed E-state index contributed by atoms with van der Waals surface area (Å²) in [5.74, 6) is -0.0198. The smallest absolute Gasteiger partial charge is 0.248 e. The van der Waals surface area contributed by atoms with Crippen LogP contribution in [0.5, 0.6) is 5.75 Å². The van der Waals surface area contributed by atoms with Crippen LogP contribution in [-0.2, 0) is 0 Å². The number of hydrogen-bond acceptors (Lipinski definition) is 3. The fourth-order valence-corrected chi connectivity index (χ4v) is 1.27. The van der Waals surface area contributed by atoms with Gasteiger partial charge in [-0.15, -0.1) is 0 Å². The molecule has 0 bridgehead atoms. The molecule has 0 aromatic heterocycles. The number of carbonyl (C=O) groups excluding carboxylic acids is 2. The van der Waals surface area contributed by atoms with E-state index in [2.05, 4.69) is 0 Å². The number of hydrogen-bond donors (Lipinski definition) is 1. The van der Waals surface area contributed by atoms with Gasteiger partial charge in [0.2, 0.25) is 5.91 Å². The van der Waals surface area contributed by atoms with Crippen LogP contribution in [0.3, 0.4) is 0 Å². The van der Waals surface area contributed by atoms with Crippen LogP contribution in [-0.4, -0.2) is 18.3 Å². The average Bonchev–Trinajstić information content (AvgIpc) is 3.02. The molecule has 1 aromatic carbocycles. The van der Waals surface area contributed by atoms with E-state index in [4.69, 9.17) is 10.5 Å². The molecule has 0 heterocycles. The molecule has 1 aliphatic rings. The molecule has 2 N–H and O–H groups in total. The summed E-state index contributed by atoms with van der Waals surface area (Å²) in [6, 6.07) is 4.63. The summed E-state index contributed by atoms with van der Waals surface area (Å²) >= 11 is 0. The Morgan fingerprint density at radius 3 is 2.73 bits per heavy atom. The van der Waals surface area contributed by atoms with Gasteiger partial charge in [0.15, 0.2) is 6.29 Å². The Labute approximate surface area is 87.0 Å². The summed E-state index contributed by atoms with van der Waals surface area (Å²) in [4.78, 5) is 21.7. The van der Waals surface area contributed by atoms with Gasteiger partial charge in [-0.25, -0.2) is 0 Å². The van der Waals surface area contributed by atoms with E-state index < -0.39 is 5.91 Å². The van der Waals surface area contributed by atoms with E-state index in [-0.39, 0.29) is 6.10 Å². The second-order valence-electron chi connectivity index (χ2n) is 3.55. The number of ether oxygens (including phenoxy) is 1. The SMILES string of the molecule is NC(=O)c1ccc(OC2CC2)c(C=O)c1. The van der Waals surface area contributed by atoms with Gasteiger partial charge < -0.3 is 10.5 Å². The molecular formula is C11H11NO3. The number of nitrogens with two attached hydrogens (primary N) is 1. The first-order chi connectivity index (χ1) is 7.20. The van der Waals surface area contributed by atoms with Crippen molar-refractivity contribution in [3.8, 4) is 5.75 Å². The average molecular weight is 205 g/mol. The van der Waals surface area contributed by atoms with Crippen molar-refractivity contribution in [3.05, 3.63) is 29.3 Å². The Morgan fingerprint density at radius 1 is 1.47 bits per heavy atom. The third-order valence-corrected chi connectivity index (χ3v) is 2.24. The molecule has 1 aliphatic carbocycles. The van der Waals surface area contributed by atoms with Gasteiger partial charge in [-0.3, -0.25) is 9.59 Å². The number of carbonyl (C=O) groups is 2. The van der Waals surface area contributed by atoms with Crippen LogP contribution in [0.25, 0.3) is 0 Å². The second kappa shape index (κ2) is 3.73. The summed E-state index contributed by atoms with van der Waals surface area (Å²) in [6.07, 6.45) is 2.94. The normalized spacial score (nSPS) is 14.7. The minimum atomic E-state index is -0.545. The van der Waals surface area contributed by atoms with E-state index >= 15 is 0 Å². The van der Waals surface area contributed by atoms with Gasteiger partial charge in [0.05, 0.1) is 11.7 Å². The van der Waals surface area contributed by atoms with Crippen molar-refractivity contribution in [2.45, 2.75) is 18.9 Å². The van der Waals surface area contributed by atoms with E-state index in [1.165, 1.54) is 6.07 Å². The van der Waals surface area contributed by atoms with Crippen LogP contribution in [0.15, 0.2) is 18.2 Å². The Morgan fingerprint density at radius 2 is 2.20 bits per heavy atom. The Kier molecular flexibility index (Phi) is 2.41. The van der Waals surface area contributed by atoms with Gasteiger partial charge in [0.1, 0.15) is 5.75 Å². The fourth-order valence-electron chi connectivity index (χ4n) is 1.27. The second-order valence-corrected chi connectivity index (χ2v) is 3.55. The molecule has 15 heavy (non-hydrogen) atoms. The third-order valence-electron chi connectivity index (χ3n) is 2.24. The van der Waals surface area contributed by atoms with Crippen molar-refractivity contribution in [1.82, 2.24) is 0 Å². The first-order valence-electron chi connectivity index (χ1n) is 4.76. The predicted octanol–water partition coefficient (Wildman–Crippen LogP) is 1.14. The standard InChI is InChI=1S/C11H11NO3/c12-11(14)7-1-4-10(8(5-7)6-13)15-9-2-3-9/h1,4-6,9H,2-3H2,(H2,12,14). The van der Waals surface area contributed by atoms with Gasteiger partial charge in [-0.2, -0.15) is 0 Å². The number of primary amides is 1. The van der Waals surface area contributed by atoms with Gasteiger partial charge in [-0.05, 0) is 31.0 Å². The minimum absolute atomic E-state index is 0.225. The molecule has 0 radical (unpaired) electrons. The number of amides is 1. The maximum absolute atomic E-state index is 10.9. The van der Waals surface area contributed by atoms with E-state index in [0.29, 0.717) is 23.2 Å². The summed E-state index contributed by atoms with van der Waals surface area (Å²) in [5, 5.41) is 0. The van der Waals surface area contributed by atoms with E-state index in [9.17, 15) is 9.59 Å². The molecule has 0 saturated heterocycles. The molecular weight excluding hydrogens is 194 g/mol. The predicted molar refractivity (Wildman–Crippen MR) is 54.0 cm³/mol. The van der Waals surface area contributed by atoms with Crippen LogP contribution in [0.4, 0.5) is 0 Å². The first kappa shape index (κ1) is 9.71. The van der Waals surface area contributed by atoms with Gasteiger partial charge in [0.25, 0.3) is 0 Å². The summed E-state index contributed by atoms with van der Waals surface area (Å²) in [6.45, 7) is 0. The van der Waals surface area contributed by atoms with Gasteiger partial charge in [-0.1, -0.05) is 0 Å². The lowest BCUT2D eigenvalue weighted by Crippen LogP contribution is -2.11. The molecule has 1 amide bonds. The Balaban J connectivity index is 2.29. The number of benzene rings is 1. The van der Waals surface area contributed by atoms with Crippen molar-refractivity contribution in [1.29, 1.82) is 0 Å². The molecule has 0 spiro atoms. The maximum atomic E-state index is 10.9. The zero-order valence-electron chi connectivity index (χ0n) is 8.10. The highest BCUT2D eigenvalue weighted by Crippen LogP contribution is 2.28. The molecule has 0 atom stereocenters. The Hall–Kier alpha value is -1.84. The topological polar surface area (TPSA) is 69.4 Å². The molecule has 1 saturated carbocycles. The summed E-state index contributed by atoms with van der Waals surface area (Å²) < 4.78 is 5.50. The van der Waals surface area contributed by atoms with Crippen molar-refractivity contribution in [2.24, 2.45) is 5.73 Å². The largest absolute Gasteiger partial charge is 0.490 e. The molecule has 0 unspecified atom stereocenters. The zero-order valence-corrected chi connectivity index (χ0v) is 8.10. The fraction of sp³-hybridized carbons (Fsp3) is 0.273. The quantitative estimate of drug-likeness (QED) is 0.749. The van der Waals surface area contributed by atoms with Gasteiger partial charge in [0, 0.05) is 5.56 Å². The first-order valence-corrected chi connectivity index (χ1v) is 4.76. The lowest BCUT2D eigenvalue weighted by Gasteiger charge is -2.07. The van der Waals surface area contributed by atoms with E-state index in [1.54, 1.807) is 12.1 Å². The third kappa shape index (κ3) is 2.15. The maximum Gasteiger partial charge on any atom is 0.248 e. The number of aldehydes is 1. The highest BCUT2D eigenvalue weighted by atomic mass is 16.5.